The Morgan fingerprint density at radius 2 is 1.83 bits per heavy atom. The van der Waals surface area contributed by atoms with Gasteiger partial charge in [-0.2, -0.15) is 0 Å². The maximum atomic E-state index is 12.9. The van der Waals surface area contributed by atoms with Gasteiger partial charge in [-0.15, -0.1) is 0 Å². The standard InChI is InChI=1S/C24H19FN2O3/c25-19-9-6-17(7-10-19)8-13-23(28)26-20-11-12-21-22(14-20)30-16-24(29)27(21)15-18-4-2-1-3-5-18/h1-14H,15-16H2,(H,26,28)/b13-8+. The number of fused-ring (bicyclic) bond motifs is 1. The van der Waals surface area contributed by atoms with Crippen LogP contribution >= 0.6 is 0 Å². The fraction of sp³-hybridized carbons (Fsp3) is 0.0833. The number of carbonyl (C=O) groups excluding carboxylic acids is 2. The molecule has 2 amide bonds. The first-order valence-corrected chi connectivity index (χ1v) is 9.44. The molecule has 1 heterocycles. The third kappa shape index (κ3) is 4.55. The summed E-state index contributed by atoms with van der Waals surface area (Å²) in [6, 6.07) is 20.7. The van der Waals surface area contributed by atoms with Crippen molar-refractivity contribution in [3.63, 3.8) is 0 Å². The van der Waals surface area contributed by atoms with Gasteiger partial charge in [-0.25, -0.2) is 4.39 Å². The Bertz CT molecular complexity index is 1100. The Morgan fingerprint density at radius 3 is 2.60 bits per heavy atom. The largest absolute Gasteiger partial charge is 0.481 e. The minimum Gasteiger partial charge on any atom is -0.481 e. The summed E-state index contributed by atoms with van der Waals surface area (Å²) in [5.41, 5.74) is 2.95. The van der Waals surface area contributed by atoms with Gasteiger partial charge in [0.05, 0.1) is 12.2 Å². The van der Waals surface area contributed by atoms with Crippen molar-refractivity contribution in [1.82, 2.24) is 0 Å². The quantitative estimate of drug-likeness (QED) is 0.644. The molecule has 5 nitrogen and oxygen atoms in total. The van der Waals surface area contributed by atoms with Gasteiger partial charge in [0, 0.05) is 17.8 Å². The molecule has 30 heavy (non-hydrogen) atoms. The van der Waals surface area contributed by atoms with E-state index >= 15 is 0 Å². The normalized spacial score (nSPS) is 13.1. The first-order chi connectivity index (χ1) is 14.6. The topological polar surface area (TPSA) is 58.6 Å². The smallest absolute Gasteiger partial charge is 0.265 e. The second-order valence-electron chi connectivity index (χ2n) is 6.81. The molecule has 0 bridgehead atoms. The molecular weight excluding hydrogens is 383 g/mol. The highest BCUT2D eigenvalue weighted by molar-refractivity contribution is 6.03. The Morgan fingerprint density at radius 1 is 1.07 bits per heavy atom. The minimum absolute atomic E-state index is 0.0539. The maximum absolute atomic E-state index is 12.9. The summed E-state index contributed by atoms with van der Waals surface area (Å²) in [4.78, 5) is 26.2. The summed E-state index contributed by atoms with van der Waals surface area (Å²) in [5, 5.41) is 2.77. The van der Waals surface area contributed by atoms with E-state index in [1.165, 1.54) is 18.2 Å². The number of nitrogens with one attached hydrogen (secondary N) is 1. The molecule has 150 valence electrons. The second-order valence-corrected chi connectivity index (χ2v) is 6.81. The van der Waals surface area contributed by atoms with Crippen LogP contribution in [-0.4, -0.2) is 18.4 Å². The van der Waals surface area contributed by atoms with E-state index in [1.807, 2.05) is 30.3 Å². The Labute approximate surface area is 173 Å². The summed E-state index contributed by atoms with van der Waals surface area (Å²) in [6.45, 7) is 0.393. The summed E-state index contributed by atoms with van der Waals surface area (Å²) < 4.78 is 18.5. The highest BCUT2D eigenvalue weighted by Crippen LogP contribution is 2.35. The molecular formula is C24H19FN2O3. The van der Waals surface area contributed by atoms with Gasteiger partial charge in [-0.1, -0.05) is 42.5 Å². The number of benzene rings is 3. The van der Waals surface area contributed by atoms with Gasteiger partial charge in [0.25, 0.3) is 5.91 Å². The van der Waals surface area contributed by atoms with Crippen molar-refractivity contribution in [2.24, 2.45) is 0 Å². The molecule has 0 unspecified atom stereocenters. The monoisotopic (exact) mass is 402 g/mol. The van der Waals surface area contributed by atoms with Crippen molar-refractivity contribution >= 4 is 29.3 Å². The minimum atomic E-state index is -0.328. The summed E-state index contributed by atoms with van der Waals surface area (Å²) in [5.74, 6) is -0.242. The van der Waals surface area contributed by atoms with Crippen LogP contribution in [0, 0.1) is 5.82 Å². The number of hydrogen-bond donors (Lipinski definition) is 1. The summed E-state index contributed by atoms with van der Waals surface area (Å²) >= 11 is 0. The zero-order chi connectivity index (χ0) is 20.9. The van der Waals surface area contributed by atoms with Crippen LogP contribution in [0.3, 0.4) is 0 Å². The third-order valence-corrected chi connectivity index (χ3v) is 4.65. The van der Waals surface area contributed by atoms with Crippen LogP contribution in [0.25, 0.3) is 6.08 Å². The van der Waals surface area contributed by atoms with Crippen molar-refractivity contribution in [3.05, 3.63) is 95.8 Å². The predicted molar refractivity (Wildman–Crippen MR) is 114 cm³/mol. The second kappa shape index (κ2) is 8.61. The lowest BCUT2D eigenvalue weighted by atomic mass is 10.1. The summed E-state index contributed by atoms with van der Waals surface area (Å²) in [7, 11) is 0. The Hall–Kier alpha value is -3.93. The van der Waals surface area contributed by atoms with Gasteiger partial charge in [0.15, 0.2) is 6.61 Å². The molecule has 1 aliphatic rings. The number of rotatable bonds is 5. The van der Waals surface area contributed by atoms with Crippen LogP contribution in [0.4, 0.5) is 15.8 Å². The van der Waals surface area contributed by atoms with Crippen molar-refractivity contribution < 1.29 is 18.7 Å². The number of amides is 2. The van der Waals surface area contributed by atoms with Crippen molar-refractivity contribution in [3.8, 4) is 5.75 Å². The van der Waals surface area contributed by atoms with E-state index in [0.29, 0.717) is 23.7 Å². The SMILES string of the molecule is O=C(/C=C/c1ccc(F)cc1)Nc1ccc2c(c1)OCC(=O)N2Cc1ccccc1. The molecule has 0 aromatic heterocycles. The fourth-order valence-corrected chi connectivity index (χ4v) is 3.15. The van der Waals surface area contributed by atoms with E-state index < -0.39 is 0 Å². The number of hydrogen-bond acceptors (Lipinski definition) is 3. The molecule has 0 saturated heterocycles. The van der Waals surface area contributed by atoms with Crippen LogP contribution in [0.5, 0.6) is 5.75 Å². The van der Waals surface area contributed by atoms with Crippen LogP contribution in [0.2, 0.25) is 0 Å². The number of halogens is 1. The average Bonchev–Trinajstić information content (AvgIpc) is 2.76. The number of anilines is 2. The molecule has 1 N–H and O–H groups in total. The van der Waals surface area contributed by atoms with Gasteiger partial charge < -0.3 is 15.0 Å². The fourth-order valence-electron chi connectivity index (χ4n) is 3.15. The molecule has 0 aliphatic carbocycles. The molecule has 0 spiro atoms. The van der Waals surface area contributed by atoms with E-state index in [4.69, 9.17) is 4.74 Å². The zero-order valence-corrected chi connectivity index (χ0v) is 16.0. The van der Waals surface area contributed by atoms with Crippen LogP contribution in [-0.2, 0) is 16.1 Å². The molecule has 0 radical (unpaired) electrons. The maximum Gasteiger partial charge on any atom is 0.265 e. The third-order valence-electron chi connectivity index (χ3n) is 4.65. The van der Waals surface area contributed by atoms with Crippen molar-refractivity contribution in [1.29, 1.82) is 0 Å². The molecule has 0 fully saturated rings. The number of ether oxygens (including phenoxy) is 1. The van der Waals surface area contributed by atoms with Gasteiger partial charge in [-0.3, -0.25) is 9.59 Å². The van der Waals surface area contributed by atoms with E-state index in [9.17, 15) is 14.0 Å². The highest BCUT2D eigenvalue weighted by atomic mass is 19.1. The van der Waals surface area contributed by atoms with E-state index in [0.717, 1.165) is 11.1 Å². The van der Waals surface area contributed by atoms with E-state index in [-0.39, 0.29) is 24.2 Å². The molecule has 3 aromatic rings. The van der Waals surface area contributed by atoms with Gasteiger partial charge >= 0.3 is 0 Å². The number of nitrogens with zero attached hydrogens (tertiary/aromatic N) is 1. The van der Waals surface area contributed by atoms with Crippen LogP contribution < -0.4 is 15.0 Å². The lowest BCUT2D eigenvalue weighted by molar-refractivity contribution is -0.121. The molecule has 0 saturated carbocycles. The lowest BCUT2D eigenvalue weighted by Crippen LogP contribution is -2.38. The molecule has 4 rings (SSSR count). The lowest BCUT2D eigenvalue weighted by Gasteiger charge is -2.29. The van der Waals surface area contributed by atoms with Crippen LogP contribution in [0.15, 0.2) is 78.9 Å². The Balaban J connectivity index is 1.47. The molecule has 1 aliphatic heterocycles. The number of carbonyl (C=O) groups is 2. The Kier molecular flexibility index (Phi) is 5.57. The molecule has 6 heteroatoms. The highest BCUT2D eigenvalue weighted by Gasteiger charge is 2.25. The first kappa shape index (κ1) is 19.4. The van der Waals surface area contributed by atoms with E-state index in [1.54, 1.807) is 41.3 Å². The van der Waals surface area contributed by atoms with Crippen molar-refractivity contribution in [2.75, 3.05) is 16.8 Å². The average molecular weight is 402 g/mol. The van der Waals surface area contributed by atoms with Crippen molar-refractivity contribution in [2.45, 2.75) is 6.54 Å². The van der Waals surface area contributed by atoms with E-state index in [2.05, 4.69) is 5.32 Å². The first-order valence-electron chi connectivity index (χ1n) is 9.44. The zero-order valence-electron chi connectivity index (χ0n) is 16.0. The van der Waals surface area contributed by atoms with Crippen LogP contribution in [0.1, 0.15) is 11.1 Å². The molecule has 3 aromatic carbocycles. The predicted octanol–water partition coefficient (Wildman–Crippen LogP) is 4.40. The summed E-state index contributed by atoms with van der Waals surface area (Å²) in [6.07, 6.45) is 2.97. The van der Waals surface area contributed by atoms with Gasteiger partial charge in [0.2, 0.25) is 5.91 Å². The van der Waals surface area contributed by atoms with Gasteiger partial charge in [0.1, 0.15) is 11.6 Å². The van der Waals surface area contributed by atoms with Gasteiger partial charge in [-0.05, 0) is 41.5 Å². The molecule has 0 atom stereocenters.